The molecule has 0 unspecified atom stereocenters. The molecule has 1 aliphatic rings. The molecular weight excluding hydrogens is 456 g/mol. The van der Waals surface area contributed by atoms with Crippen molar-refractivity contribution in [1.29, 1.82) is 0 Å². The third-order valence-electron chi connectivity index (χ3n) is 6.96. The van der Waals surface area contributed by atoms with Crippen molar-refractivity contribution in [1.82, 2.24) is 0 Å². The zero-order valence-corrected chi connectivity index (χ0v) is 20.5. The lowest BCUT2D eigenvalue weighted by atomic mass is 9.99. The zero-order valence-electron chi connectivity index (χ0n) is 20.5. The van der Waals surface area contributed by atoms with Crippen molar-refractivity contribution in [2.24, 2.45) is 0 Å². The first-order valence-electron chi connectivity index (χ1n) is 12.6. The fraction of sp³-hybridized carbons (Fsp3) is 0. The smallest absolute Gasteiger partial charge is 0.0405 e. The lowest BCUT2D eigenvalue weighted by Gasteiger charge is -2.03. The number of hydrogen-bond donors (Lipinski definition) is 0. The molecule has 0 fully saturated rings. The van der Waals surface area contributed by atoms with E-state index in [1.807, 2.05) is 48.5 Å². The van der Waals surface area contributed by atoms with Gasteiger partial charge in [-0.2, -0.15) is 0 Å². The average molecular weight is 477 g/mol. The summed E-state index contributed by atoms with van der Waals surface area (Å²) in [6.07, 6.45) is 0. The SMILES string of the molecule is C1=C=c2ccccc2=C=C=c2ccc3ccccc3c2=c2c(ccc3ccccc23)=C=C=c2ccccc2=1. The molecule has 0 heterocycles. The Balaban J connectivity index is 2.04. The van der Waals surface area contributed by atoms with Gasteiger partial charge in [0.05, 0.1) is 0 Å². The summed E-state index contributed by atoms with van der Waals surface area (Å²) in [6, 6.07) is 41.8. The Morgan fingerprint density at radius 3 is 0.974 bits per heavy atom. The maximum Gasteiger partial charge on any atom is 0.0405 e. The van der Waals surface area contributed by atoms with Crippen LogP contribution in [0.15, 0.2) is 121 Å². The maximum absolute atomic E-state index is 3.52. The summed E-state index contributed by atoms with van der Waals surface area (Å²) >= 11 is 0. The van der Waals surface area contributed by atoms with Crippen molar-refractivity contribution in [3.8, 4) is 0 Å². The van der Waals surface area contributed by atoms with Crippen molar-refractivity contribution < 1.29 is 0 Å². The van der Waals surface area contributed by atoms with Gasteiger partial charge in [-0.3, -0.25) is 0 Å². The third kappa shape index (κ3) is 3.81. The zero-order chi connectivity index (χ0) is 25.3. The van der Waals surface area contributed by atoms with Crippen LogP contribution in [0.25, 0.3) is 55.9 Å². The van der Waals surface area contributed by atoms with Crippen LogP contribution in [0.2, 0.25) is 0 Å². The van der Waals surface area contributed by atoms with E-state index in [2.05, 4.69) is 107 Å². The first-order valence-corrected chi connectivity index (χ1v) is 12.6. The van der Waals surface area contributed by atoms with Gasteiger partial charge in [-0.05, 0) is 57.9 Å². The lowest BCUT2D eigenvalue weighted by molar-refractivity contribution is 1.48. The monoisotopic (exact) mass is 476 g/mol. The summed E-state index contributed by atoms with van der Waals surface area (Å²) in [5.74, 6) is 0. The fourth-order valence-corrected chi connectivity index (χ4v) is 5.10. The quantitative estimate of drug-likeness (QED) is 0.314. The van der Waals surface area contributed by atoms with Gasteiger partial charge in [0.15, 0.2) is 0 Å². The summed E-state index contributed by atoms with van der Waals surface area (Å²) in [7, 11) is 0. The Labute approximate surface area is 218 Å². The van der Waals surface area contributed by atoms with E-state index in [-0.39, 0.29) is 0 Å². The van der Waals surface area contributed by atoms with Crippen LogP contribution in [-0.2, 0) is 0 Å². The molecule has 38 heavy (non-hydrogen) atoms. The molecule has 0 saturated heterocycles. The molecular formula is C38H20. The van der Waals surface area contributed by atoms with Gasteiger partial charge in [0.25, 0.3) is 0 Å². The van der Waals surface area contributed by atoms with Crippen LogP contribution in [-0.4, -0.2) is 0 Å². The second kappa shape index (κ2) is 9.19. The molecule has 0 amide bonds. The van der Waals surface area contributed by atoms with E-state index in [4.69, 9.17) is 0 Å². The standard InChI is InChI=1S/C38H20/c1-3-11-29-19-23-33-25-21-31-13-5-7-15-35(31)37(33)38-34(26-22-32-14-6-8-16-36(32)38)24-20-30-12-4-2-10-28(30)18-17-27(29)9-1/h1-16,21-22,25-26H. The number of hydrogen-bond acceptors (Lipinski definition) is 0. The molecule has 0 nitrogen and oxygen atoms in total. The molecule has 1 aliphatic carbocycles. The van der Waals surface area contributed by atoms with Crippen LogP contribution in [0.5, 0.6) is 0 Å². The van der Waals surface area contributed by atoms with Crippen LogP contribution in [0.4, 0.5) is 0 Å². The van der Waals surface area contributed by atoms with Gasteiger partial charge in [-0.1, -0.05) is 119 Å². The van der Waals surface area contributed by atoms with E-state index < -0.39 is 0 Å². The largest absolute Gasteiger partial charge is 0.0616 e. The molecule has 0 saturated carbocycles. The summed E-state index contributed by atoms with van der Waals surface area (Å²) in [4.78, 5) is 0. The third-order valence-corrected chi connectivity index (χ3v) is 6.96. The van der Waals surface area contributed by atoms with Crippen molar-refractivity contribution in [3.63, 3.8) is 0 Å². The highest BCUT2D eigenvalue weighted by Crippen LogP contribution is 2.17. The van der Waals surface area contributed by atoms with E-state index in [9.17, 15) is 0 Å². The molecule has 0 radical (unpaired) electrons. The Hall–Kier alpha value is -5.48. The number of rotatable bonds is 0. The molecule has 0 aliphatic heterocycles. The van der Waals surface area contributed by atoms with Crippen LogP contribution < -0.4 is 31.3 Å². The minimum Gasteiger partial charge on any atom is -0.0616 e. The van der Waals surface area contributed by atoms with Crippen molar-refractivity contribution in [2.75, 3.05) is 0 Å². The summed E-state index contributed by atoms with van der Waals surface area (Å²) in [5.41, 5.74) is 20.7. The van der Waals surface area contributed by atoms with E-state index >= 15 is 0 Å². The van der Waals surface area contributed by atoms with Crippen LogP contribution in [0.3, 0.4) is 0 Å². The van der Waals surface area contributed by atoms with E-state index in [1.165, 1.54) is 21.5 Å². The Morgan fingerprint density at radius 1 is 0.263 bits per heavy atom. The predicted octanol–water partition coefficient (Wildman–Crippen LogP) is 3.64. The van der Waals surface area contributed by atoms with Crippen LogP contribution in [0.1, 0.15) is 0 Å². The van der Waals surface area contributed by atoms with Gasteiger partial charge in [0.2, 0.25) is 0 Å². The topological polar surface area (TPSA) is 0 Å². The van der Waals surface area contributed by atoms with Crippen LogP contribution >= 0.6 is 0 Å². The highest BCUT2D eigenvalue weighted by molar-refractivity contribution is 5.88. The van der Waals surface area contributed by atoms with Gasteiger partial charge in [-0.15, -0.1) is 0 Å². The molecule has 172 valence electrons. The average Bonchev–Trinajstić information content (AvgIpc) is 2.98. The fourth-order valence-electron chi connectivity index (χ4n) is 5.10. The molecule has 6 aromatic rings. The van der Waals surface area contributed by atoms with E-state index in [1.54, 1.807) is 0 Å². The molecule has 0 atom stereocenters. The first-order chi connectivity index (χ1) is 18.8. The molecule has 0 spiro atoms. The molecule has 0 heteroatoms. The Kier molecular flexibility index (Phi) is 5.27. The second-order valence-corrected chi connectivity index (χ2v) is 9.26. The summed E-state index contributed by atoms with van der Waals surface area (Å²) < 4.78 is 0. The van der Waals surface area contributed by atoms with E-state index in [0.717, 1.165) is 41.7 Å². The maximum atomic E-state index is 3.52. The highest BCUT2D eigenvalue weighted by atomic mass is 14.0. The van der Waals surface area contributed by atoms with Crippen molar-refractivity contribution in [2.45, 2.75) is 0 Å². The lowest BCUT2D eigenvalue weighted by Crippen LogP contribution is -2.23. The number of fused-ring (bicyclic) bond motifs is 8. The minimum atomic E-state index is 0.910. The molecule has 6 aromatic carbocycles. The molecule has 0 aromatic heterocycles. The Morgan fingerprint density at radius 2 is 0.579 bits per heavy atom. The second-order valence-electron chi connectivity index (χ2n) is 9.26. The van der Waals surface area contributed by atoms with Gasteiger partial charge in [0, 0.05) is 41.7 Å². The highest BCUT2D eigenvalue weighted by Gasteiger charge is 2.02. The normalized spacial score (nSPS) is 11.2. The number of benzene rings is 6. The Bertz CT molecular complexity index is 2390. The van der Waals surface area contributed by atoms with Crippen molar-refractivity contribution >= 4 is 55.9 Å². The first kappa shape index (κ1) is 21.8. The van der Waals surface area contributed by atoms with Crippen LogP contribution in [0, 0.1) is 10.4 Å². The van der Waals surface area contributed by atoms with Crippen molar-refractivity contribution in [3.05, 3.63) is 163 Å². The molecule has 0 N–H and O–H groups in total. The molecule has 0 bridgehead atoms. The predicted molar refractivity (Wildman–Crippen MR) is 157 cm³/mol. The summed E-state index contributed by atoms with van der Waals surface area (Å²) in [6.45, 7) is 0. The minimum absolute atomic E-state index is 0.910. The van der Waals surface area contributed by atoms with Gasteiger partial charge in [0.1, 0.15) is 0 Å². The summed E-state index contributed by atoms with van der Waals surface area (Å²) in [5, 5.41) is 12.5. The molecule has 7 rings (SSSR count). The van der Waals surface area contributed by atoms with Gasteiger partial charge >= 0.3 is 0 Å². The van der Waals surface area contributed by atoms with E-state index in [0.29, 0.717) is 0 Å². The van der Waals surface area contributed by atoms with Gasteiger partial charge in [-0.25, -0.2) is 0 Å². The van der Waals surface area contributed by atoms with Gasteiger partial charge < -0.3 is 0 Å².